The smallest absolute Gasteiger partial charge is 0.246 e. The maximum atomic E-state index is 14.2. The Hall–Kier alpha value is -2.17. The van der Waals surface area contributed by atoms with E-state index >= 15 is 0 Å². The zero-order chi connectivity index (χ0) is 29.6. The third-order valence-corrected chi connectivity index (χ3v) is 10.5. The van der Waals surface area contributed by atoms with Crippen LogP contribution in [0.1, 0.15) is 39.5 Å². The molecule has 4 aliphatic heterocycles. The Morgan fingerprint density at radius 1 is 1.05 bits per heavy atom. The molecule has 1 aliphatic carbocycles. The van der Waals surface area contributed by atoms with E-state index in [0.717, 1.165) is 38.9 Å². The number of carbonyl (C=O) groups is 3. The first kappa shape index (κ1) is 29.9. The lowest BCUT2D eigenvalue weighted by atomic mass is 9.73. The van der Waals surface area contributed by atoms with Crippen LogP contribution in [-0.4, -0.2) is 90.7 Å². The second-order valence-corrected chi connectivity index (χ2v) is 13.4. The number of morpholine rings is 1. The van der Waals surface area contributed by atoms with Crippen LogP contribution in [0.2, 0.25) is 10.0 Å². The maximum absolute atomic E-state index is 14.2. The zero-order valence-corrected chi connectivity index (χ0v) is 25.7. The van der Waals surface area contributed by atoms with E-state index in [4.69, 9.17) is 32.7 Å². The predicted octanol–water partition coefficient (Wildman–Crippen LogP) is 3.75. The van der Waals surface area contributed by atoms with Crippen LogP contribution in [0.15, 0.2) is 30.4 Å². The molecule has 228 valence electrons. The Kier molecular flexibility index (Phi) is 8.59. The quantitative estimate of drug-likeness (QED) is 0.431. The average molecular weight is 620 g/mol. The summed E-state index contributed by atoms with van der Waals surface area (Å²) >= 11 is 12.3. The number of amides is 3. The van der Waals surface area contributed by atoms with Gasteiger partial charge in [-0.1, -0.05) is 62.0 Å². The average Bonchev–Trinajstić information content (AvgIpc) is 3.59. The Morgan fingerprint density at radius 2 is 1.79 bits per heavy atom. The summed E-state index contributed by atoms with van der Waals surface area (Å²) in [4.78, 5) is 46.1. The predicted molar refractivity (Wildman–Crippen MR) is 160 cm³/mol. The number of anilines is 1. The van der Waals surface area contributed by atoms with Crippen molar-refractivity contribution in [1.82, 2.24) is 15.1 Å². The van der Waals surface area contributed by atoms with Gasteiger partial charge in [-0.05, 0) is 42.9 Å². The fourth-order valence-corrected chi connectivity index (χ4v) is 8.22. The molecule has 3 amide bonds. The monoisotopic (exact) mass is 618 g/mol. The van der Waals surface area contributed by atoms with Crippen molar-refractivity contribution in [2.45, 2.75) is 63.3 Å². The van der Waals surface area contributed by atoms with Crippen molar-refractivity contribution in [3.05, 3.63) is 40.4 Å². The highest BCUT2D eigenvalue weighted by atomic mass is 35.5. The molecule has 5 aliphatic rings. The lowest BCUT2D eigenvalue weighted by molar-refractivity contribution is -0.141. The topological polar surface area (TPSA) is 100 Å². The van der Waals surface area contributed by atoms with E-state index < -0.39 is 29.6 Å². The van der Waals surface area contributed by atoms with Gasteiger partial charge in [0.15, 0.2) is 0 Å². The molecule has 42 heavy (non-hydrogen) atoms. The van der Waals surface area contributed by atoms with Crippen molar-refractivity contribution in [2.75, 3.05) is 44.7 Å². The van der Waals surface area contributed by atoms with Crippen LogP contribution in [0, 0.1) is 23.7 Å². The van der Waals surface area contributed by atoms with Crippen molar-refractivity contribution in [3.8, 4) is 0 Å². The molecule has 1 aromatic rings. The highest BCUT2D eigenvalue weighted by Crippen LogP contribution is 2.55. The van der Waals surface area contributed by atoms with Gasteiger partial charge in [-0.25, -0.2) is 0 Å². The van der Waals surface area contributed by atoms with Crippen LogP contribution >= 0.6 is 23.2 Å². The van der Waals surface area contributed by atoms with Crippen LogP contribution in [-0.2, 0) is 23.9 Å². The minimum Gasteiger partial charge on any atom is -0.379 e. The first-order chi connectivity index (χ1) is 20.2. The Balaban J connectivity index is 1.25. The molecule has 1 aromatic carbocycles. The number of hydrogen-bond donors (Lipinski definition) is 2. The SMILES string of the molecule is C[C@@H]1[C@H](C)CCC[C@@H]1NC(=O)[C@@H]1N(CCCN2CCOCC2)C(=O)[C@@H]2[C@@H](C(=O)Nc3cc(Cl)cc(Cl)c3)[C@@H]3C=C[C@]21O3. The standard InChI is InChI=1S/C31H40Cl2N4O5/c1-18-5-3-6-23(19(18)2)35-29(39)27-31-8-7-24(42-31)25(28(38)34-22-16-20(32)15-21(33)17-22)26(31)30(40)37(27)10-4-9-36-11-13-41-14-12-36/h7-8,15-19,23-27H,3-6,9-14H2,1-2H3,(H,34,38)(H,35,39)/t18-,19-,23+,24+,25+,26+,27+,31+/m1/s1. The number of fused-ring (bicyclic) bond motifs is 1. The van der Waals surface area contributed by atoms with Crippen molar-refractivity contribution in [2.24, 2.45) is 23.7 Å². The van der Waals surface area contributed by atoms with E-state index in [0.29, 0.717) is 53.7 Å². The number of hydrogen-bond acceptors (Lipinski definition) is 6. The minimum absolute atomic E-state index is 0.0382. The highest BCUT2D eigenvalue weighted by Gasteiger charge is 2.72. The molecule has 0 unspecified atom stereocenters. The minimum atomic E-state index is -1.19. The summed E-state index contributed by atoms with van der Waals surface area (Å²) in [6.45, 7) is 8.73. The second-order valence-electron chi connectivity index (χ2n) is 12.6. The number of likely N-dealkylation sites (tertiary alicyclic amines) is 1. The van der Waals surface area contributed by atoms with Gasteiger partial charge in [-0.15, -0.1) is 0 Å². The molecule has 8 atom stereocenters. The van der Waals surface area contributed by atoms with Gasteiger partial charge in [-0.3, -0.25) is 19.3 Å². The number of nitrogens with one attached hydrogen (secondary N) is 2. The molecule has 1 spiro atoms. The van der Waals surface area contributed by atoms with Gasteiger partial charge in [0.25, 0.3) is 0 Å². The van der Waals surface area contributed by atoms with Crippen LogP contribution in [0.4, 0.5) is 5.69 Å². The summed E-state index contributed by atoms with van der Waals surface area (Å²) in [5.74, 6) is -1.50. The van der Waals surface area contributed by atoms with E-state index in [2.05, 4.69) is 29.4 Å². The summed E-state index contributed by atoms with van der Waals surface area (Å²) in [6.07, 6.45) is 6.93. The van der Waals surface area contributed by atoms with Crippen molar-refractivity contribution < 1.29 is 23.9 Å². The number of carbonyl (C=O) groups excluding carboxylic acids is 3. The summed E-state index contributed by atoms with van der Waals surface area (Å²) in [6, 6.07) is 4.01. The number of rotatable bonds is 8. The van der Waals surface area contributed by atoms with Gasteiger partial charge in [0.2, 0.25) is 17.7 Å². The van der Waals surface area contributed by atoms with E-state index in [1.54, 1.807) is 23.1 Å². The van der Waals surface area contributed by atoms with Crippen molar-refractivity contribution in [1.29, 1.82) is 0 Å². The van der Waals surface area contributed by atoms with Gasteiger partial charge < -0.3 is 25.0 Å². The van der Waals surface area contributed by atoms with E-state index in [1.165, 1.54) is 0 Å². The third kappa shape index (κ3) is 5.47. The van der Waals surface area contributed by atoms with Gasteiger partial charge in [0.05, 0.1) is 31.2 Å². The molecule has 1 saturated carbocycles. The van der Waals surface area contributed by atoms with Crippen molar-refractivity contribution >= 4 is 46.6 Å². The summed E-state index contributed by atoms with van der Waals surface area (Å²) < 4.78 is 12.0. The van der Waals surface area contributed by atoms with Crippen LogP contribution in [0.25, 0.3) is 0 Å². The molecule has 2 bridgehead atoms. The zero-order valence-electron chi connectivity index (χ0n) is 24.2. The lowest BCUT2D eigenvalue weighted by Crippen LogP contribution is -2.58. The van der Waals surface area contributed by atoms with Gasteiger partial charge in [0, 0.05) is 48.0 Å². The van der Waals surface area contributed by atoms with Crippen LogP contribution in [0.3, 0.4) is 0 Å². The van der Waals surface area contributed by atoms with Crippen LogP contribution < -0.4 is 10.6 Å². The number of ether oxygens (including phenoxy) is 2. The molecule has 0 aromatic heterocycles. The maximum Gasteiger partial charge on any atom is 0.246 e. The molecule has 0 radical (unpaired) electrons. The molecule has 9 nitrogen and oxygen atoms in total. The number of halogens is 2. The molecule has 3 saturated heterocycles. The molecular formula is C31H40Cl2N4O5. The molecular weight excluding hydrogens is 579 g/mol. The van der Waals surface area contributed by atoms with Gasteiger partial charge in [-0.2, -0.15) is 0 Å². The largest absolute Gasteiger partial charge is 0.379 e. The molecule has 2 N–H and O–H groups in total. The molecule has 11 heteroatoms. The third-order valence-electron chi connectivity index (χ3n) is 10.1. The fourth-order valence-electron chi connectivity index (χ4n) is 7.70. The first-order valence-corrected chi connectivity index (χ1v) is 16.0. The van der Waals surface area contributed by atoms with Gasteiger partial charge >= 0.3 is 0 Å². The number of nitrogens with zero attached hydrogens (tertiary/aromatic N) is 2. The normalized spacial score (nSPS) is 35.9. The van der Waals surface area contributed by atoms with Gasteiger partial charge in [0.1, 0.15) is 11.6 Å². The Labute approximate surface area is 257 Å². The van der Waals surface area contributed by atoms with E-state index in [-0.39, 0.29) is 23.8 Å². The summed E-state index contributed by atoms with van der Waals surface area (Å²) in [5.41, 5.74) is -0.747. The fraction of sp³-hybridized carbons (Fsp3) is 0.645. The Bertz CT molecular complexity index is 1240. The lowest BCUT2D eigenvalue weighted by Gasteiger charge is -2.38. The second kappa shape index (κ2) is 12.1. The molecule has 6 rings (SSSR count). The molecule has 4 fully saturated rings. The highest BCUT2D eigenvalue weighted by molar-refractivity contribution is 6.35. The van der Waals surface area contributed by atoms with E-state index in [1.807, 2.05) is 12.2 Å². The Morgan fingerprint density at radius 3 is 2.52 bits per heavy atom. The van der Waals surface area contributed by atoms with Crippen LogP contribution in [0.5, 0.6) is 0 Å². The van der Waals surface area contributed by atoms with Crippen molar-refractivity contribution in [3.63, 3.8) is 0 Å². The summed E-state index contributed by atoms with van der Waals surface area (Å²) in [7, 11) is 0. The molecule has 4 heterocycles. The van der Waals surface area contributed by atoms with E-state index in [9.17, 15) is 14.4 Å². The number of benzene rings is 1. The first-order valence-electron chi connectivity index (χ1n) is 15.2. The summed E-state index contributed by atoms with van der Waals surface area (Å²) in [5, 5.41) is 6.99.